The van der Waals surface area contributed by atoms with Gasteiger partial charge in [0.2, 0.25) is 0 Å². The van der Waals surface area contributed by atoms with Crippen molar-refractivity contribution in [1.82, 2.24) is 10.7 Å². The lowest BCUT2D eigenvalue weighted by Gasteiger charge is -2.21. The van der Waals surface area contributed by atoms with Gasteiger partial charge in [-0.2, -0.15) is 5.10 Å². The predicted octanol–water partition coefficient (Wildman–Crippen LogP) is 4.66. The summed E-state index contributed by atoms with van der Waals surface area (Å²) in [6, 6.07) is 18.3. The summed E-state index contributed by atoms with van der Waals surface area (Å²) in [5.74, 6) is 0.458. The molecule has 0 aliphatic rings. The maximum absolute atomic E-state index is 13.1. The summed E-state index contributed by atoms with van der Waals surface area (Å²) in [4.78, 5) is 26.0. The molecule has 0 aliphatic heterocycles. The van der Waals surface area contributed by atoms with Gasteiger partial charge in [-0.1, -0.05) is 53.5 Å². The molecule has 2 amide bonds. The number of hydrazone groups is 1. The first-order chi connectivity index (χ1) is 17.8. The zero-order valence-corrected chi connectivity index (χ0v) is 22.0. The second-order valence-electron chi connectivity index (χ2n) is 7.93. The largest absolute Gasteiger partial charge is 0.497 e. The fraction of sp³-hybridized carbons (Fsp3) is 0.222. The highest BCUT2D eigenvalue weighted by atomic mass is 35.5. The van der Waals surface area contributed by atoms with Gasteiger partial charge in [0, 0.05) is 17.0 Å². The molecule has 0 fully saturated rings. The van der Waals surface area contributed by atoms with Crippen LogP contribution in [0.5, 0.6) is 17.2 Å². The van der Waals surface area contributed by atoms with Crippen LogP contribution in [0.1, 0.15) is 18.1 Å². The van der Waals surface area contributed by atoms with Crippen molar-refractivity contribution in [2.24, 2.45) is 5.10 Å². The number of nitrogens with one attached hydrogen (secondary N) is 2. The molecule has 2 atom stereocenters. The lowest BCUT2D eigenvalue weighted by atomic mass is 10.1. The van der Waals surface area contributed by atoms with Crippen LogP contribution < -0.4 is 25.0 Å². The Morgan fingerprint density at radius 1 is 0.946 bits per heavy atom. The van der Waals surface area contributed by atoms with E-state index in [0.717, 1.165) is 5.56 Å². The Labute approximate surface area is 225 Å². The SMILES string of the molecule is COc1ccc(OC)c(/C=N\NC(=O)[C@H](Cc2ccccc2)NC(=O)[C@H](C)Oc2ccc(Cl)cc2Cl)c1. The Morgan fingerprint density at radius 3 is 2.35 bits per heavy atom. The number of nitrogens with zero attached hydrogens (tertiary/aromatic N) is 1. The zero-order valence-electron chi connectivity index (χ0n) is 20.5. The van der Waals surface area contributed by atoms with Crippen molar-refractivity contribution in [3.63, 3.8) is 0 Å². The fourth-order valence-electron chi connectivity index (χ4n) is 3.35. The van der Waals surface area contributed by atoms with E-state index >= 15 is 0 Å². The molecule has 3 aromatic rings. The molecule has 0 heterocycles. The topological polar surface area (TPSA) is 98.3 Å². The van der Waals surface area contributed by atoms with Gasteiger partial charge in [-0.3, -0.25) is 9.59 Å². The van der Waals surface area contributed by atoms with Gasteiger partial charge in [0.05, 0.1) is 25.5 Å². The third-order valence-electron chi connectivity index (χ3n) is 5.30. The van der Waals surface area contributed by atoms with Crippen molar-refractivity contribution in [2.45, 2.75) is 25.5 Å². The van der Waals surface area contributed by atoms with E-state index in [1.54, 1.807) is 44.4 Å². The molecule has 37 heavy (non-hydrogen) atoms. The molecule has 0 spiro atoms. The number of carbonyl (C=O) groups is 2. The Balaban J connectivity index is 1.72. The number of ether oxygens (including phenoxy) is 3. The number of hydrogen-bond acceptors (Lipinski definition) is 6. The van der Waals surface area contributed by atoms with Crippen LogP contribution in [0.2, 0.25) is 10.0 Å². The molecule has 2 N–H and O–H groups in total. The Hall–Kier alpha value is -3.75. The van der Waals surface area contributed by atoms with Crippen LogP contribution in [0, 0.1) is 0 Å². The van der Waals surface area contributed by atoms with Crippen LogP contribution in [0.4, 0.5) is 0 Å². The molecule has 3 aromatic carbocycles. The molecular formula is C27H27Cl2N3O5. The Bertz CT molecular complexity index is 1250. The van der Waals surface area contributed by atoms with Crippen molar-refractivity contribution in [3.05, 3.63) is 87.9 Å². The molecule has 0 saturated heterocycles. The van der Waals surface area contributed by atoms with Crippen molar-refractivity contribution in [1.29, 1.82) is 0 Å². The second-order valence-corrected chi connectivity index (χ2v) is 8.77. The van der Waals surface area contributed by atoms with Gasteiger partial charge in [0.25, 0.3) is 11.8 Å². The summed E-state index contributed by atoms with van der Waals surface area (Å²) >= 11 is 12.1. The normalized spacial score (nSPS) is 12.5. The number of methoxy groups -OCH3 is 2. The van der Waals surface area contributed by atoms with Crippen LogP contribution in [0.3, 0.4) is 0 Å². The third kappa shape index (κ3) is 8.13. The average molecular weight is 544 g/mol. The summed E-state index contributed by atoms with van der Waals surface area (Å²) in [5, 5.41) is 7.51. The van der Waals surface area contributed by atoms with Crippen molar-refractivity contribution in [2.75, 3.05) is 14.2 Å². The van der Waals surface area contributed by atoms with Crippen LogP contribution in [0.25, 0.3) is 0 Å². The van der Waals surface area contributed by atoms with Gasteiger partial charge in [-0.25, -0.2) is 5.43 Å². The summed E-state index contributed by atoms with van der Waals surface area (Å²) in [7, 11) is 3.08. The third-order valence-corrected chi connectivity index (χ3v) is 5.83. The molecule has 3 rings (SSSR count). The number of hydrogen-bond donors (Lipinski definition) is 2. The highest BCUT2D eigenvalue weighted by Gasteiger charge is 2.25. The van der Waals surface area contributed by atoms with Gasteiger partial charge in [-0.15, -0.1) is 0 Å². The lowest BCUT2D eigenvalue weighted by Crippen LogP contribution is -2.50. The predicted molar refractivity (Wildman–Crippen MR) is 144 cm³/mol. The van der Waals surface area contributed by atoms with E-state index in [1.807, 2.05) is 30.3 Å². The zero-order chi connectivity index (χ0) is 26.8. The summed E-state index contributed by atoms with van der Waals surface area (Å²) < 4.78 is 16.2. The monoisotopic (exact) mass is 543 g/mol. The minimum atomic E-state index is -0.936. The first-order valence-corrected chi connectivity index (χ1v) is 12.1. The number of benzene rings is 3. The Kier molecular flexibility index (Phi) is 10.2. The van der Waals surface area contributed by atoms with Gasteiger partial charge >= 0.3 is 0 Å². The molecule has 194 valence electrons. The number of halogens is 2. The van der Waals surface area contributed by atoms with Gasteiger partial charge in [0.1, 0.15) is 23.3 Å². The summed E-state index contributed by atoms with van der Waals surface area (Å²) in [6.07, 6.45) is 0.744. The van der Waals surface area contributed by atoms with E-state index < -0.39 is 24.0 Å². The summed E-state index contributed by atoms with van der Waals surface area (Å²) in [6.45, 7) is 1.56. The minimum Gasteiger partial charge on any atom is -0.497 e. The summed E-state index contributed by atoms with van der Waals surface area (Å²) in [5.41, 5.74) is 3.95. The minimum absolute atomic E-state index is 0.241. The van der Waals surface area contributed by atoms with E-state index in [0.29, 0.717) is 27.8 Å². The van der Waals surface area contributed by atoms with E-state index in [2.05, 4.69) is 15.8 Å². The maximum atomic E-state index is 13.1. The molecule has 0 bridgehead atoms. The number of amides is 2. The highest BCUT2D eigenvalue weighted by Crippen LogP contribution is 2.28. The van der Waals surface area contributed by atoms with E-state index in [1.165, 1.54) is 19.4 Å². The van der Waals surface area contributed by atoms with Crippen LogP contribution in [0.15, 0.2) is 71.8 Å². The fourth-order valence-corrected chi connectivity index (χ4v) is 3.80. The van der Waals surface area contributed by atoms with Crippen molar-refractivity contribution >= 4 is 41.2 Å². The average Bonchev–Trinajstić information content (AvgIpc) is 2.90. The van der Waals surface area contributed by atoms with Crippen LogP contribution in [-0.2, 0) is 16.0 Å². The molecule has 10 heteroatoms. The van der Waals surface area contributed by atoms with E-state index in [4.69, 9.17) is 37.4 Å². The molecular weight excluding hydrogens is 517 g/mol. The molecule has 0 aromatic heterocycles. The molecule has 0 aliphatic carbocycles. The maximum Gasteiger partial charge on any atom is 0.262 e. The lowest BCUT2D eigenvalue weighted by molar-refractivity contribution is -0.132. The number of rotatable bonds is 11. The standard InChI is InChI=1S/C27H27Cl2N3O5/c1-17(37-25-11-9-20(28)15-22(25)29)26(33)31-23(13-18-7-5-4-6-8-18)27(34)32-30-16-19-14-21(35-2)10-12-24(19)36-3/h4-12,14-17,23H,13H2,1-3H3,(H,31,33)(H,32,34)/b30-16-/t17-,23-/m0/s1. The first kappa shape index (κ1) is 27.8. The van der Waals surface area contributed by atoms with Crippen LogP contribution >= 0.6 is 23.2 Å². The van der Waals surface area contributed by atoms with Gasteiger partial charge in [-0.05, 0) is 48.9 Å². The van der Waals surface area contributed by atoms with Crippen molar-refractivity contribution in [3.8, 4) is 17.2 Å². The molecule has 0 radical (unpaired) electrons. The van der Waals surface area contributed by atoms with Gasteiger partial charge in [0.15, 0.2) is 6.10 Å². The second kappa shape index (κ2) is 13.5. The smallest absolute Gasteiger partial charge is 0.262 e. The van der Waals surface area contributed by atoms with Gasteiger partial charge < -0.3 is 19.5 Å². The molecule has 0 saturated carbocycles. The Morgan fingerprint density at radius 2 is 1.68 bits per heavy atom. The molecule has 0 unspecified atom stereocenters. The quantitative estimate of drug-likeness (QED) is 0.271. The first-order valence-electron chi connectivity index (χ1n) is 11.3. The van der Waals surface area contributed by atoms with Crippen LogP contribution in [-0.4, -0.2) is 44.4 Å². The number of carbonyl (C=O) groups excluding carboxylic acids is 2. The molecule has 8 nitrogen and oxygen atoms in total. The van der Waals surface area contributed by atoms with E-state index in [9.17, 15) is 9.59 Å². The highest BCUT2D eigenvalue weighted by molar-refractivity contribution is 6.35. The van der Waals surface area contributed by atoms with E-state index in [-0.39, 0.29) is 11.4 Å². The van der Waals surface area contributed by atoms with Crippen molar-refractivity contribution < 1.29 is 23.8 Å².